The molecular weight excluding hydrogens is 233 g/mol. The van der Waals surface area contributed by atoms with E-state index in [9.17, 15) is 18.0 Å². The molecule has 0 aliphatic heterocycles. The number of aromatic nitrogens is 1. The number of nitrogen functional groups attached to an aromatic ring is 1. The number of rotatable bonds is 1. The number of hydrogen-bond acceptors (Lipinski definition) is 3. The number of carbonyl (C=O) groups excluding carboxylic acids is 1. The van der Waals surface area contributed by atoms with Crippen LogP contribution in [0.15, 0.2) is 12.3 Å². The first kappa shape index (κ1) is 13.5. The van der Waals surface area contributed by atoms with Crippen LogP contribution in [0.3, 0.4) is 0 Å². The first-order valence-corrected chi connectivity index (χ1v) is 4.91. The van der Waals surface area contributed by atoms with Gasteiger partial charge in [-0.3, -0.25) is 4.79 Å². The number of nitrogens with two attached hydrogens (primary N) is 1. The van der Waals surface area contributed by atoms with Crippen LogP contribution < -0.4 is 5.73 Å². The van der Waals surface area contributed by atoms with Gasteiger partial charge in [-0.2, -0.15) is 13.2 Å². The Bertz CT molecular complexity index is 447. The van der Waals surface area contributed by atoms with Gasteiger partial charge in [0.2, 0.25) is 0 Å². The number of hydrogen-bond donors (Lipinski definition) is 1. The number of nitrogens with zero attached hydrogens (tertiary/aromatic N) is 1. The molecule has 1 heterocycles. The standard InChI is InChI=1S/C11H13F3N2O/c1-10(2,3)8(17)7-4-6(11(12,13)14)5-16-9(7)15/h4-5H,1-3H3,(H2,15,16). The Morgan fingerprint density at radius 2 is 1.82 bits per heavy atom. The second-order valence-electron chi connectivity index (χ2n) is 4.73. The summed E-state index contributed by atoms with van der Waals surface area (Å²) in [5.74, 6) is -0.647. The molecule has 0 amide bonds. The average Bonchev–Trinajstić information content (AvgIpc) is 2.14. The molecule has 0 unspecified atom stereocenters. The van der Waals surface area contributed by atoms with Crippen molar-refractivity contribution in [1.29, 1.82) is 0 Å². The maximum atomic E-state index is 12.5. The molecule has 2 N–H and O–H groups in total. The molecule has 0 saturated heterocycles. The Morgan fingerprint density at radius 3 is 2.24 bits per heavy atom. The van der Waals surface area contributed by atoms with Gasteiger partial charge in [-0.1, -0.05) is 20.8 Å². The molecular formula is C11H13F3N2O. The van der Waals surface area contributed by atoms with Crippen molar-refractivity contribution in [1.82, 2.24) is 4.98 Å². The third kappa shape index (κ3) is 2.95. The SMILES string of the molecule is CC(C)(C)C(=O)c1cc(C(F)(F)F)cnc1N. The highest BCUT2D eigenvalue weighted by atomic mass is 19.4. The van der Waals surface area contributed by atoms with E-state index in [1.165, 1.54) is 0 Å². The van der Waals surface area contributed by atoms with Crippen LogP contribution in [0.25, 0.3) is 0 Å². The van der Waals surface area contributed by atoms with Gasteiger partial charge in [-0.25, -0.2) is 4.98 Å². The van der Waals surface area contributed by atoms with Gasteiger partial charge >= 0.3 is 6.18 Å². The van der Waals surface area contributed by atoms with Gasteiger partial charge in [-0.15, -0.1) is 0 Å². The van der Waals surface area contributed by atoms with Gasteiger partial charge < -0.3 is 5.73 Å². The van der Waals surface area contributed by atoms with Crippen LogP contribution in [0.4, 0.5) is 19.0 Å². The lowest BCUT2D eigenvalue weighted by atomic mass is 9.86. The lowest BCUT2D eigenvalue weighted by Crippen LogP contribution is -2.22. The maximum Gasteiger partial charge on any atom is 0.417 e. The number of alkyl halides is 3. The highest BCUT2D eigenvalue weighted by molar-refractivity contribution is 6.03. The predicted octanol–water partition coefficient (Wildman–Crippen LogP) is 2.91. The minimum Gasteiger partial charge on any atom is -0.383 e. The smallest absolute Gasteiger partial charge is 0.383 e. The molecule has 0 aliphatic rings. The molecule has 0 radical (unpaired) electrons. The fraction of sp³-hybridized carbons (Fsp3) is 0.455. The highest BCUT2D eigenvalue weighted by Gasteiger charge is 2.33. The Hall–Kier alpha value is -1.59. The number of pyridine rings is 1. The summed E-state index contributed by atoms with van der Waals surface area (Å²) in [6.45, 7) is 4.82. The largest absolute Gasteiger partial charge is 0.417 e. The minimum atomic E-state index is -4.53. The highest BCUT2D eigenvalue weighted by Crippen LogP contribution is 2.32. The zero-order valence-electron chi connectivity index (χ0n) is 9.72. The van der Waals surface area contributed by atoms with E-state index in [-0.39, 0.29) is 11.4 Å². The molecule has 94 valence electrons. The van der Waals surface area contributed by atoms with E-state index in [1.807, 2.05) is 0 Å². The summed E-state index contributed by atoms with van der Waals surface area (Å²) in [7, 11) is 0. The van der Waals surface area contributed by atoms with Gasteiger partial charge in [-0.05, 0) is 6.07 Å². The van der Waals surface area contributed by atoms with E-state index < -0.39 is 22.9 Å². The monoisotopic (exact) mass is 246 g/mol. The molecule has 0 aromatic carbocycles. The Kier molecular flexibility index (Phi) is 3.18. The van der Waals surface area contributed by atoms with Crippen molar-refractivity contribution >= 4 is 11.6 Å². The molecule has 0 spiro atoms. The number of Topliss-reactive ketones (excluding diaryl/α,β-unsaturated/α-hetero) is 1. The van der Waals surface area contributed by atoms with E-state index in [0.717, 1.165) is 6.07 Å². The summed E-state index contributed by atoms with van der Waals surface area (Å²) in [6.07, 6.45) is -3.91. The van der Waals surface area contributed by atoms with Crippen molar-refractivity contribution in [3.05, 3.63) is 23.4 Å². The normalized spacial score (nSPS) is 12.6. The average molecular weight is 246 g/mol. The van der Waals surface area contributed by atoms with E-state index in [1.54, 1.807) is 20.8 Å². The van der Waals surface area contributed by atoms with Crippen molar-refractivity contribution in [2.45, 2.75) is 26.9 Å². The summed E-state index contributed by atoms with van der Waals surface area (Å²) in [6, 6.07) is 0.746. The van der Waals surface area contributed by atoms with Crippen LogP contribution in [0.2, 0.25) is 0 Å². The molecule has 6 heteroatoms. The second kappa shape index (κ2) is 4.01. The molecule has 17 heavy (non-hydrogen) atoms. The number of anilines is 1. The summed E-state index contributed by atoms with van der Waals surface area (Å²) in [5.41, 5.74) is 3.46. The van der Waals surface area contributed by atoms with E-state index >= 15 is 0 Å². The lowest BCUT2D eigenvalue weighted by Gasteiger charge is -2.18. The Labute approximate surface area is 96.8 Å². The van der Waals surface area contributed by atoms with Gasteiger partial charge in [0, 0.05) is 11.6 Å². The van der Waals surface area contributed by atoms with Crippen molar-refractivity contribution in [3.63, 3.8) is 0 Å². The van der Waals surface area contributed by atoms with E-state index in [0.29, 0.717) is 6.20 Å². The van der Waals surface area contributed by atoms with Gasteiger partial charge in [0.25, 0.3) is 0 Å². The van der Waals surface area contributed by atoms with Crippen LogP contribution in [0.1, 0.15) is 36.7 Å². The van der Waals surface area contributed by atoms with Crippen molar-refractivity contribution < 1.29 is 18.0 Å². The molecule has 0 fully saturated rings. The molecule has 0 bridgehead atoms. The zero-order chi connectivity index (χ0) is 13.4. The van der Waals surface area contributed by atoms with Crippen LogP contribution in [-0.4, -0.2) is 10.8 Å². The van der Waals surface area contributed by atoms with Crippen LogP contribution >= 0.6 is 0 Å². The second-order valence-corrected chi connectivity index (χ2v) is 4.73. The van der Waals surface area contributed by atoms with E-state index in [4.69, 9.17) is 5.73 Å². The van der Waals surface area contributed by atoms with Crippen LogP contribution in [0.5, 0.6) is 0 Å². The molecule has 1 rings (SSSR count). The topological polar surface area (TPSA) is 56.0 Å². The van der Waals surface area contributed by atoms with Gasteiger partial charge in [0.15, 0.2) is 5.78 Å². The fourth-order valence-electron chi connectivity index (χ4n) is 1.22. The number of ketones is 1. The van der Waals surface area contributed by atoms with Crippen molar-refractivity contribution in [3.8, 4) is 0 Å². The first-order valence-electron chi connectivity index (χ1n) is 4.91. The fourth-order valence-corrected chi connectivity index (χ4v) is 1.22. The minimum absolute atomic E-state index is 0.182. The zero-order valence-corrected chi connectivity index (χ0v) is 9.72. The summed E-state index contributed by atoms with van der Waals surface area (Å²) < 4.78 is 37.4. The maximum absolute atomic E-state index is 12.5. The van der Waals surface area contributed by atoms with Crippen LogP contribution in [-0.2, 0) is 6.18 Å². The Balaban J connectivity index is 3.30. The van der Waals surface area contributed by atoms with Crippen LogP contribution in [0, 0.1) is 5.41 Å². The molecule has 3 nitrogen and oxygen atoms in total. The molecule has 1 aromatic heterocycles. The van der Waals surface area contributed by atoms with Gasteiger partial charge in [0.05, 0.1) is 11.1 Å². The summed E-state index contributed by atoms with van der Waals surface area (Å²) in [4.78, 5) is 15.3. The lowest BCUT2D eigenvalue weighted by molar-refractivity contribution is -0.137. The number of halogens is 3. The van der Waals surface area contributed by atoms with E-state index in [2.05, 4.69) is 4.98 Å². The quantitative estimate of drug-likeness (QED) is 0.775. The first-order chi connectivity index (χ1) is 7.53. The molecule has 0 atom stereocenters. The number of carbonyl (C=O) groups is 1. The van der Waals surface area contributed by atoms with Gasteiger partial charge in [0.1, 0.15) is 5.82 Å². The summed E-state index contributed by atoms with van der Waals surface area (Å²) >= 11 is 0. The molecule has 0 aliphatic carbocycles. The molecule has 1 aromatic rings. The van der Waals surface area contributed by atoms with Crippen molar-refractivity contribution in [2.24, 2.45) is 5.41 Å². The summed E-state index contributed by atoms with van der Waals surface area (Å²) in [5, 5.41) is 0. The third-order valence-corrected chi connectivity index (χ3v) is 2.17. The molecule has 0 saturated carbocycles. The predicted molar refractivity (Wildman–Crippen MR) is 57.4 cm³/mol. The Morgan fingerprint density at radius 1 is 1.29 bits per heavy atom. The third-order valence-electron chi connectivity index (χ3n) is 2.17. The van der Waals surface area contributed by atoms with Crippen molar-refractivity contribution in [2.75, 3.05) is 5.73 Å².